The number of ether oxygens (including phenoxy) is 2. The molecule has 4 heteroatoms. The fraction of sp³-hybridized carbons (Fsp3) is 0.467. The summed E-state index contributed by atoms with van der Waals surface area (Å²) >= 11 is 0. The van der Waals surface area contributed by atoms with Crippen LogP contribution in [0, 0.1) is 5.92 Å². The molecule has 0 saturated heterocycles. The van der Waals surface area contributed by atoms with Crippen LogP contribution in [-0.2, 0) is 16.0 Å². The van der Waals surface area contributed by atoms with Gasteiger partial charge in [-0.2, -0.15) is 0 Å². The fourth-order valence-electron chi connectivity index (χ4n) is 2.44. The maximum Gasteiger partial charge on any atom is 0.306 e. The highest BCUT2D eigenvalue weighted by Gasteiger charge is 2.29. The number of fused-ring (bicyclic) bond motifs is 1. The van der Waals surface area contributed by atoms with E-state index in [9.17, 15) is 9.59 Å². The lowest BCUT2D eigenvalue weighted by molar-refractivity contribution is -0.144. The average molecular weight is 262 g/mol. The van der Waals surface area contributed by atoms with Crippen molar-refractivity contribution in [3.8, 4) is 5.75 Å². The summed E-state index contributed by atoms with van der Waals surface area (Å²) in [6, 6.07) is 5.46. The van der Waals surface area contributed by atoms with Crippen molar-refractivity contribution < 1.29 is 19.1 Å². The van der Waals surface area contributed by atoms with E-state index >= 15 is 0 Å². The zero-order valence-electron chi connectivity index (χ0n) is 11.3. The Morgan fingerprint density at radius 1 is 1.42 bits per heavy atom. The molecule has 0 fully saturated rings. The van der Waals surface area contributed by atoms with E-state index < -0.39 is 0 Å². The van der Waals surface area contributed by atoms with Crippen molar-refractivity contribution in [3.05, 3.63) is 29.3 Å². The summed E-state index contributed by atoms with van der Waals surface area (Å²) in [5.74, 6) is 0.255. The van der Waals surface area contributed by atoms with E-state index in [-0.39, 0.29) is 24.1 Å². The molecule has 0 aliphatic heterocycles. The van der Waals surface area contributed by atoms with E-state index in [0.29, 0.717) is 18.6 Å². The number of carbonyl (C=O) groups excluding carboxylic acids is 2. The highest BCUT2D eigenvalue weighted by atomic mass is 16.5. The molecular weight excluding hydrogens is 244 g/mol. The van der Waals surface area contributed by atoms with Crippen molar-refractivity contribution in [2.75, 3.05) is 13.7 Å². The Labute approximate surface area is 112 Å². The SMILES string of the molecule is CCOC(=O)CC1CCc2cc(OC)ccc2C1=O. The van der Waals surface area contributed by atoms with E-state index in [0.717, 1.165) is 17.7 Å². The molecule has 0 aromatic heterocycles. The highest BCUT2D eigenvalue weighted by Crippen LogP contribution is 2.30. The Bertz CT molecular complexity index is 493. The average Bonchev–Trinajstić information content (AvgIpc) is 2.42. The van der Waals surface area contributed by atoms with Crippen LogP contribution in [0.4, 0.5) is 0 Å². The van der Waals surface area contributed by atoms with E-state index in [1.54, 1.807) is 26.2 Å². The van der Waals surface area contributed by atoms with Crippen LogP contribution in [0.5, 0.6) is 5.75 Å². The number of ketones is 1. The van der Waals surface area contributed by atoms with Gasteiger partial charge in [0, 0.05) is 11.5 Å². The van der Waals surface area contributed by atoms with Gasteiger partial charge in [0.1, 0.15) is 5.75 Å². The third-order valence-electron chi connectivity index (χ3n) is 3.43. The summed E-state index contributed by atoms with van der Waals surface area (Å²) in [7, 11) is 1.61. The number of hydrogen-bond donors (Lipinski definition) is 0. The van der Waals surface area contributed by atoms with Crippen molar-refractivity contribution in [3.63, 3.8) is 0 Å². The lowest BCUT2D eigenvalue weighted by Crippen LogP contribution is -2.25. The molecule has 1 aliphatic rings. The Morgan fingerprint density at radius 3 is 2.89 bits per heavy atom. The van der Waals surface area contributed by atoms with Crippen LogP contribution in [-0.4, -0.2) is 25.5 Å². The van der Waals surface area contributed by atoms with Crippen LogP contribution in [0.15, 0.2) is 18.2 Å². The summed E-state index contributed by atoms with van der Waals surface area (Å²) in [5, 5.41) is 0. The molecule has 1 aromatic carbocycles. The second-order valence-corrected chi connectivity index (χ2v) is 4.63. The van der Waals surface area contributed by atoms with E-state index in [1.165, 1.54) is 0 Å². The van der Waals surface area contributed by atoms with Crippen molar-refractivity contribution in [2.45, 2.75) is 26.2 Å². The quantitative estimate of drug-likeness (QED) is 0.782. The second kappa shape index (κ2) is 5.87. The molecule has 0 saturated carbocycles. The monoisotopic (exact) mass is 262 g/mol. The molecule has 0 amide bonds. The van der Waals surface area contributed by atoms with Crippen molar-refractivity contribution in [1.29, 1.82) is 0 Å². The third kappa shape index (κ3) is 2.95. The van der Waals surface area contributed by atoms with Gasteiger partial charge in [-0.05, 0) is 43.5 Å². The van der Waals surface area contributed by atoms with Gasteiger partial charge in [0.2, 0.25) is 0 Å². The van der Waals surface area contributed by atoms with E-state index in [2.05, 4.69) is 0 Å². The number of Topliss-reactive ketones (excluding diaryl/α,β-unsaturated/α-hetero) is 1. The fourth-order valence-corrected chi connectivity index (χ4v) is 2.44. The summed E-state index contributed by atoms with van der Waals surface area (Å²) < 4.78 is 10.1. The summed E-state index contributed by atoms with van der Waals surface area (Å²) in [6.07, 6.45) is 1.66. The molecule has 4 nitrogen and oxygen atoms in total. The maximum atomic E-state index is 12.3. The van der Waals surface area contributed by atoms with Crippen molar-refractivity contribution in [1.82, 2.24) is 0 Å². The number of carbonyl (C=O) groups is 2. The molecule has 1 aliphatic carbocycles. The van der Waals surface area contributed by atoms with Gasteiger partial charge in [-0.25, -0.2) is 0 Å². The molecule has 2 rings (SSSR count). The van der Waals surface area contributed by atoms with Crippen LogP contribution in [0.1, 0.15) is 35.7 Å². The largest absolute Gasteiger partial charge is 0.497 e. The van der Waals surface area contributed by atoms with E-state index in [1.807, 2.05) is 6.07 Å². The summed E-state index contributed by atoms with van der Waals surface area (Å²) in [6.45, 7) is 2.12. The second-order valence-electron chi connectivity index (χ2n) is 4.63. The first-order valence-electron chi connectivity index (χ1n) is 6.52. The molecule has 1 unspecified atom stereocenters. The first kappa shape index (κ1) is 13.6. The number of methoxy groups -OCH3 is 1. The van der Waals surface area contributed by atoms with Crippen LogP contribution in [0.2, 0.25) is 0 Å². The first-order chi connectivity index (χ1) is 9.15. The van der Waals surface area contributed by atoms with Crippen LogP contribution in [0.3, 0.4) is 0 Å². The highest BCUT2D eigenvalue weighted by molar-refractivity contribution is 6.01. The van der Waals surface area contributed by atoms with Crippen LogP contribution in [0.25, 0.3) is 0 Å². The summed E-state index contributed by atoms with van der Waals surface area (Å²) in [4.78, 5) is 23.8. The normalized spacial score (nSPS) is 17.8. The molecule has 0 N–H and O–H groups in total. The van der Waals surface area contributed by atoms with Crippen molar-refractivity contribution in [2.24, 2.45) is 5.92 Å². The molecule has 1 atom stereocenters. The zero-order chi connectivity index (χ0) is 13.8. The predicted octanol–water partition coefficient (Wildman–Crippen LogP) is 2.39. The predicted molar refractivity (Wildman–Crippen MR) is 70.4 cm³/mol. The molecule has 19 heavy (non-hydrogen) atoms. The van der Waals surface area contributed by atoms with Gasteiger partial charge in [0.15, 0.2) is 5.78 Å². The lowest BCUT2D eigenvalue weighted by Gasteiger charge is -2.23. The molecule has 0 bridgehead atoms. The standard InChI is InChI=1S/C15H18O4/c1-3-19-14(16)9-11-5-4-10-8-12(18-2)6-7-13(10)15(11)17/h6-8,11H,3-5,9H2,1-2H3. The van der Waals surface area contributed by atoms with Gasteiger partial charge in [-0.15, -0.1) is 0 Å². The Hall–Kier alpha value is -1.84. The maximum absolute atomic E-state index is 12.3. The number of rotatable bonds is 4. The Kier molecular flexibility index (Phi) is 4.20. The minimum absolute atomic E-state index is 0.0388. The van der Waals surface area contributed by atoms with Gasteiger partial charge in [0.25, 0.3) is 0 Å². The van der Waals surface area contributed by atoms with Gasteiger partial charge in [-0.3, -0.25) is 9.59 Å². The topological polar surface area (TPSA) is 52.6 Å². The molecule has 0 spiro atoms. The van der Waals surface area contributed by atoms with Gasteiger partial charge >= 0.3 is 5.97 Å². The smallest absolute Gasteiger partial charge is 0.306 e. The number of aryl methyl sites for hydroxylation is 1. The Morgan fingerprint density at radius 2 is 2.21 bits per heavy atom. The number of esters is 1. The van der Waals surface area contributed by atoms with Crippen LogP contribution >= 0.6 is 0 Å². The minimum Gasteiger partial charge on any atom is -0.497 e. The molecule has 0 radical (unpaired) electrons. The first-order valence-corrected chi connectivity index (χ1v) is 6.52. The van der Waals surface area contributed by atoms with Crippen molar-refractivity contribution >= 4 is 11.8 Å². The van der Waals surface area contributed by atoms with E-state index in [4.69, 9.17) is 9.47 Å². The van der Waals surface area contributed by atoms with Gasteiger partial charge < -0.3 is 9.47 Å². The molecule has 0 heterocycles. The Balaban J connectivity index is 2.13. The summed E-state index contributed by atoms with van der Waals surface area (Å²) in [5.41, 5.74) is 1.71. The minimum atomic E-state index is -0.294. The third-order valence-corrected chi connectivity index (χ3v) is 3.43. The molecular formula is C15H18O4. The van der Waals surface area contributed by atoms with Gasteiger partial charge in [0.05, 0.1) is 20.1 Å². The number of benzene rings is 1. The lowest BCUT2D eigenvalue weighted by atomic mass is 9.81. The van der Waals surface area contributed by atoms with Crippen LogP contribution < -0.4 is 4.74 Å². The molecule has 102 valence electrons. The number of hydrogen-bond acceptors (Lipinski definition) is 4. The zero-order valence-corrected chi connectivity index (χ0v) is 11.3. The molecule has 1 aromatic rings. The van der Waals surface area contributed by atoms with Gasteiger partial charge in [-0.1, -0.05) is 0 Å².